The average molecular weight is 279 g/mol. The van der Waals surface area contributed by atoms with Crippen LogP contribution in [0.1, 0.15) is 38.5 Å². The Morgan fingerprint density at radius 2 is 2.05 bits per heavy atom. The number of carboxylic acid groups (broad SMARTS) is 1. The van der Waals surface area contributed by atoms with Crippen molar-refractivity contribution in [2.45, 2.75) is 45.1 Å². The van der Waals surface area contributed by atoms with Crippen LogP contribution in [0.3, 0.4) is 0 Å². The van der Waals surface area contributed by atoms with E-state index in [1.165, 1.54) is 0 Å². The molecule has 1 saturated carbocycles. The molecule has 1 aromatic rings. The van der Waals surface area contributed by atoms with E-state index in [1.807, 2.05) is 0 Å². The molecule has 1 aliphatic rings. The molecule has 0 radical (unpaired) electrons. The molecule has 1 amide bonds. The largest absolute Gasteiger partial charge is 0.481 e. The Hall–Kier alpha value is -1.85. The van der Waals surface area contributed by atoms with Crippen molar-refractivity contribution >= 4 is 11.9 Å². The number of rotatable bonds is 6. The number of hydrogen-bond donors (Lipinski definition) is 2. The molecule has 2 rings (SSSR count). The van der Waals surface area contributed by atoms with Crippen molar-refractivity contribution in [1.82, 2.24) is 15.1 Å². The molecule has 0 spiro atoms. The Morgan fingerprint density at radius 3 is 2.65 bits per heavy atom. The Bertz CT molecular complexity index is 450. The molecule has 0 aliphatic heterocycles. The molecular formula is C14H21N3O3. The molecule has 20 heavy (non-hydrogen) atoms. The van der Waals surface area contributed by atoms with E-state index in [1.54, 1.807) is 23.1 Å². The van der Waals surface area contributed by atoms with Crippen LogP contribution < -0.4 is 5.32 Å². The molecule has 0 atom stereocenters. The van der Waals surface area contributed by atoms with Gasteiger partial charge in [0.1, 0.15) is 6.54 Å². The van der Waals surface area contributed by atoms with E-state index in [0.717, 1.165) is 32.1 Å². The standard InChI is InChI=1S/C14H21N3O3/c18-12(10-17-8-4-7-16-17)15-11-14(9-13(19)20)5-2-1-3-6-14/h4,7-8H,1-3,5-6,9-11H2,(H,15,18)(H,19,20). The van der Waals surface area contributed by atoms with Crippen LogP contribution in [0.2, 0.25) is 0 Å². The van der Waals surface area contributed by atoms with Gasteiger partial charge >= 0.3 is 5.97 Å². The molecule has 2 N–H and O–H groups in total. The minimum Gasteiger partial charge on any atom is -0.481 e. The number of carboxylic acids is 1. The van der Waals surface area contributed by atoms with E-state index in [9.17, 15) is 9.59 Å². The van der Waals surface area contributed by atoms with Gasteiger partial charge in [0.05, 0.1) is 6.42 Å². The summed E-state index contributed by atoms with van der Waals surface area (Å²) in [5, 5.41) is 15.9. The second-order valence-corrected chi connectivity index (χ2v) is 5.61. The van der Waals surface area contributed by atoms with Gasteiger partial charge in [-0.2, -0.15) is 5.10 Å². The van der Waals surface area contributed by atoms with Crippen molar-refractivity contribution in [1.29, 1.82) is 0 Å². The Kier molecular flexibility index (Phi) is 4.76. The Morgan fingerprint density at radius 1 is 1.30 bits per heavy atom. The first-order valence-corrected chi connectivity index (χ1v) is 7.06. The smallest absolute Gasteiger partial charge is 0.303 e. The van der Waals surface area contributed by atoms with Crippen molar-refractivity contribution < 1.29 is 14.7 Å². The SMILES string of the molecule is O=C(O)CC1(CNC(=O)Cn2cccn2)CCCCC1. The van der Waals surface area contributed by atoms with Crippen molar-refractivity contribution in [3.05, 3.63) is 18.5 Å². The third-order valence-corrected chi connectivity index (χ3v) is 3.97. The van der Waals surface area contributed by atoms with Gasteiger partial charge in [-0.3, -0.25) is 14.3 Å². The van der Waals surface area contributed by atoms with E-state index in [-0.39, 0.29) is 24.3 Å². The summed E-state index contributed by atoms with van der Waals surface area (Å²) in [6.45, 7) is 0.621. The molecule has 1 fully saturated rings. The number of hydrogen-bond acceptors (Lipinski definition) is 3. The van der Waals surface area contributed by atoms with Crippen molar-refractivity contribution in [3.63, 3.8) is 0 Å². The maximum absolute atomic E-state index is 11.9. The first kappa shape index (κ1) is 14.6. The third kappa shape index (κ3) is 4.08. The normalized spacial score (nSPS) is 17.6. The second-order valence-electron chi connectivity index (χ2n) is 5.61. The minimum absolute atomic E-state index is 0.121. The number of carbonyl (C=O) groups is 2. The molecule has 1 aromatic heterocycles. The van der Waals surface area contributed by atoms with E-state index < -0.39 is 5.97 Å². The monoisotopic (exact) mass is 279 g/mol. The number of amides is 1. The average Bonchev–Trinajstić information content (AvgIpc) is 2.90. The lowest BCUT2D eigenvalue weighted by Crippen LogP contribution is -2.41. The molecule has 0 aromatic carbocycles. The predicted octanol–water partition coefficient (Wildman–Crippen LogP) is 1.42. The zero-order valence-electron chi connectivity index (χ0n) is 11.5. The molecular weight excluding hydrogens is 258 g/mol. The summed E-state index contributed by atoms with van der Waals surface area (Å²) in [5.74, 6) is -0.905. The van der Waals surface area contributed by atoms with Gasteiger partial charge in [0.15, 0.2) is 0 Å². The highest BCUT2D eigenvalue weighted by Gasteiger charge is 2.34. The van der Waals surface area contributed by atoms with Gasteiger partial charge in [-0.15, -0.1) is 0 Å². The topological polar surface area (TPSA) is 84.2 Å². The van der Waals surface area contributed by atoms with Gasteiger partial charge in [0.2, 0.25) is 5.91 Å². The zero-order chi connectivity index (χ0) is 14.4. The number of nitrogens with zero attached hydrogens (tertiary/aromatic N) is 2. The van der Waals surface area contributed by atoms with Crippen LogP contribution in [0.5, 0.6) is 0 Å². The maximum Gasteiger partial charge on any atom is 0.303 e. The lowest BCUT2D eigenvalue weighted by Gasteiger charge is -2.36. The highest BCUT2D eigenvalue weighted by molar-refractivity contribution is 5.75. The van der Waals surface area contributed by atoms with Crippen LogP contribution in [-0.2, 0) is 16.1 Å². The van der Waals surface area contributed by atoms with Gasteiger partial charge in [0, 0.05) is 18.9 Å². The summed E-state index contributed by atoms with van der Waals surface area (Å²) in [7, 11) is 0. The van der Waals surface area contributed by atoms with Crippen LogP contribution in [0.15, 0.2) is 18.5 Å². The van der Waals surface area contributed by atoms with Crippen LogP contribution >= 0.6 is 0 Å². The van der Waals surface area contributed by atoms with Gasteiger partial charge in [-0.25, -0.2) is 0 Å². The summed E-state index contributed by atoms with van der Waals surface area (Å²) in [6, 6.07) is 1.76. The molecule has 1 aliphatic carbocycles. The van der Waals surface area contributed by atoms with Gasteiger partial charge < -0.3 is 10.4 Å². The van der Waals surface area contributed by atoms with Crippen LogP contribution in [-0.4, -0.2) is 33.3 Å². The fourth-order valence-corrected chi connectivity index (χ4v) is 2.92. The Labute approximate surface area is 118 Å². The van der Waals surface area contributed by atoms with Crippen molar-refractivity contribution in [2.75, 3.05) is 6.54 Å². The van der Waals surface area contributed by atoms with Gasteiger partial charge in [-0.1, -0.05) is 19.3 Å². The first-order chi connectivity index (χ1) is 9.60. The lowest BCUT2D eigenvalue weighted by atomic mass is 9.71. The summed E-state index contributed by atoms with van der Waals surface area (Å²) >= 11 is 0. The highest BCUT2D eigenvalue weighted by Crippen LogP contribution is 2.38. The molecule has 0 saturated heterocycles. The van der Waals surface area contributed by atoms with Crippen molar-refractivity contribution in [2.24, 2.45) is 5.41 Å². The number of carbonyl (C=O) groups excluding carboxylic acids is 1. The molecule has 1 heterocycles. The quantitative estimate of drug-likeness (QED) is 0.825. The fourth-order valence-electron chi connectivity index (χ4n) is 2.92. The molecule has 0 bridgehead atoms. The van der Waals surface area contributed by atoms with Gasteiger partial charge in [-0.05, 0) is 24.3 Å². The van der Waals surface area contributed by atoms with E-state index in [4.69, 9.17) is 5.11 Å². The van der Waals surface area contributed by atoms with E-state index >= 15 is 0 Å². The number of nitrogens with one attached hydrogen (secondary N) is 1. The summed E-state index contributed by atoms with van der Waals surface area (Å²) in [6.07, 6.45) is 8.48. The van der Waals surface area contributed by atoms with E-state index in [0.29, 0.717) is 6.54 Å². The summed E-state index contributed by atoms with van der Waals surface area (Å²) in [5.41, 5.74) is -0.274. The number of aromatic nitrogens is 2. The lowest BCUT2D eigenvalue weighted by molar-refractivity contribution is -0.140. The predicted molar refractivity (Wildman–Crippen MR) is 73.0 cm³/mol. The summed E-state index contributed by atoms with van der Waals surface area (Å²) in [4.78, 5) is 22.9. The van der Waals surface area contributed by atoms with Gasteiger partial charge in [0.25, 0.3) is 0 Å². The van der Waals surface area contributed by atoms with Crippen LogP contribution in [0.25, 0.3) is 0 Å². The minimum atomic E-state index is -0.784. The fraction of sp³-hybridized carbons (Fsp3) is 0.643. The molecule has 6 heteroatoms. The zero-order valence-corrected chi connectivity index (χ0v) is 11.5. The summed E-state index contributed by atoms with van der Waals surface area (Å²) < 4.78 is 1.56. The van der Waals surface area contributed by atoms with Crippen LogP contribution in [0, 0.1) is 5.41 Å². The van der Waals surface area contributed by atoms with E-state index in [2.05, 4.69) is 10.4 Å². The highest BCUT2D eigenvalue weighted by atomic mass is 16.4. The van der Waals surface area contributed by atoms with Crippen LogP contribution in [0.4, 0.5) is 0 Å². The van der Waals surface area contributed by atoms with Crippen molar-refractivity contribution in [3.8, 4) is 0 Å². The second kappa shape index (κ2) is 6.54. The number of aliphatic carboxylic acids is 1. The molecule has 6 nitrogen and oxygen atoms in total. The maximum atomic E-state index is 11.9. The third-order valence-electron chi connectivity index (χ3n) is 3.97. The first-order valence-electron chi connectivity index (χ1n) is 7.06. The Balaban J connectivity index is 1.87. The molecule has 0 unspecified atom stereocenters. The molecule has 110 valence electrons.